The fourth-order valence-corrected chi connectivity index (χ4v) is 2.40. The highest BCUT2D eigenvalue weighted by molar-refractivity contribution is 5.91. The lowest BCUT2D eigenvalue weighted by molar-refractivity contribution is 0.0696. The molecule has 4 nitrogen and oxygen atoms in total. The van der Waals surface area contributed by atoms with Crippen molar-refractivity contribution in [2.24, 2.45) is 0 Å². The zero-order valence-electron chi connectivity index (χ0n) is 11.7. The van der Waals surface area contributed by atoms with Crippen LogP contribution in [0.1, 0.15) is 34.1 Å². The van der Waals surface area contributed by atoms with Crippen LogP contribution >= 0.6 is 0 Å². The Bertz CT molecular complexity index is 642. The summed E-state index contributed by atoms with van der Waals surface area (Å²) in [6.45, 7) is 8.67. The van der Waals surface area contributed by atoms with Gasteiger partial charge in [0.15, 0.2) is 0 Å². The normalized spacial score (nSPS) is 10.7. The van der Waals surface area contributed by atoms with E-state index >= 15 is 0 Å². The summed E-state index contributed by atoms with van der Waals surface area (Å²) in [7, 11) is 0. The molecule has 0 amide bonds. The van der Waals surface area contributed by atoms with Crippen molar-refractivity contribution in [2.75, 3.05) is 0 Å². The topological polar surface area (TPSA) is 55.1 Å². The van der Waals surface area contributed by atoms with Gasteiger partial charge in [-0.3, -0.25) is 4.68 Å². The Kier molecular flexibility index (Phi) is 3.42. The molecule has 0 spiro atoms. The highest BCUT2D eigenvalue weighted by Crippen LogP contribution is 2.29. The van der Waals surface area contributed by atoms with E-state index in [1.54, 1.807) is 6.07 Å². The number of nitrogens with zero attached hydrogens (tertiary/aromatic N) is 2. The molecule has 0 saturated carbocycles. The second kappa shape index (κ2) is 4.88. The van der Waals surface area contributed by atoms with Crippen LogP contribution in [0.15, 0.2) is 18.3 Å². The Hall–Kier alpha value is -2.10. The van der Waals surface area contributed by atoms with Crippen LogP contribution in [0, 0.1) is 20.8 Å². The summed E-state index contributed by atoms with van der Waals surface area (Å²) in [4.78, 5) is 11.2. The van der Waals surface area contributed by atoms with Crippen molar-refractivity contribution in [3.05, 3.63) is 40.7 Å². The van der Waals surface area contributed by atoms with Gasteiger partial charge >= 0.3 is 5.97 Å². The first-order valence-corrected chi connectivity index (χ1v) is 6.33. The Morgan fingerprint density at radius 1 is 1.21 bits per heavy atom. The lowest BCUT2D eigenvalue weighted by atomic mass is 9.95. The first-order valence-electron chi connectivity index (χ1n) is 6.33. The third-order valence-corrected chi connectivity index (χ3v) is 3.49. The van der Waals surface area contributed by atoms with Crippen LogP contribution in [-0.4, -0.2) is 20.9 Å². The first kappa shape index (κ1) is 13.3. The quantitative estimate of drug-likeness (QED) is 0.919. The molecule has 0 aliphatic carbocycles. The van der Waals surface area contributed by atoms with Gasteiger partial charge in [-0.25, -0.2) is 4.79 Å². The van der Waals surface area contributed by atoms with E-state index in [0.717, 1.165) is 34.5 Å². The molecule has 0 saturated heterocycles. The van der Waals surface area contributed by atoms with E-state index in [-0.39, 0.29) is 0 Å². The molecule has 19 heavy (non-hydrogen) atoms. The molecule has 1 aromatic carbocycles. The van der Waals surface area contributed by atoms with Crippen molar-refractivity contribution in [2.45, 2.75) is 34.2 Å². The van der Waals surface area contributed by atoms with E-state index in [1.165, 1.54) is 0 Å². The molecular formula is C15H18N2O2. The predicted molar refractivity (Wildman–Crippen MR) is 74.5 cm³/mol. The van der Waals surface area contributed by atoms with E-state index in [0.29, 0.717) is 5.56 Å². The lowest BCUT2D eigenvalue weighted by Crippen LogP contribution is -2.02. The van der Waals surface area contributed by atoms with Gasteiger partial charge in [0, 0.05) is 17.8 Å². The van der Waals surface area contributed by atoms with E-state index in [4.69, 9.17) is 0 Å². The van der Waals surface area contributed by atoms with Crippen LogP contribution in [0.3, 0.4) is 0 Å². The van der Waals surface area contributed by atoms with Gasteiger partial charge in [0.2, 0.25) is 0 Å². The van der Waals surface area contributed by atoms with Crippen LogP contribution in [0.2, 0.25) is 0 Å². The Morgan fingerprint density at radius 3 is 2.42 bits per heavy atom. The molecule has 0 radical (unpaired) electrons. The van der Waals surface area contributed by atoms with Crippen LogP contribution in [0.4, 0.5) is 0 Å². The second-order valence-corrected chi connectivity index (χ2v) is 4.75. The zero-order valence-corrected chi connectivity index (χ0v) is 11.7. The van der Waals surface area contributed by atoms with Gasteiger partial charge in [0.05, 0.1) is 11.8 Å². The number of aryl methyl sites for hydroxylation is 3. The van der Waals surface area contributed by atoms with Crippen molar-refractivity contribution < 1.29 is 9.90 Å². The molecular weight excluding hydrogens is 240 g/mol. The summed E-state index contributed by atoms with van der Waals surface area (Å²) in [5.74, 6) is -0.890. The van der Waals surface area contributed by atoms with Crippen molar-refractivity contribution in [1.29, 1.82) is 0 Å². The smallest absolute Gasteiger partial charge is 0.335 e. The largest absolute Gasteiger partial charge is 0.478 e. The summed E-state index contributed by atoms with van der Waals surface area (Å²) in [6.07, 6.45) is 1.81. The van der Waals surface area contributed by atoms with Gasteiger partial charge in [-0.15, -0.1) is 0 Å². The molecule has 100 valence electrons. The maximum absolute atomic E-state index is 11.2. The number of hydrogen-bond donors (Lipinski definition) is 1. The van der Waals surface area contributed by atoms with Gasteiger partial charge in [0.25, 0.3) is 0 Å². The average Bonchev–Trinajstić information content (AvgIpc) is 2.70. The number of hydrogen-bond acceptors (Lipinski definition) is 2. The first-order chi connectivity index (χ1) is 8.95. The van der Waals surface area contributed by atoms with Crippen LogP contribution in [0.5, 0.6) is 0 Å². The molecule has 2 rings (SSSR count). The Labute approximate surface area is 112 Å². The summed E-state index contributed by atoms with van der Waals surface area (Å²) >= 11 is 0. The van der Waals surface area contributed by atoms with Crippen molar-refractivity contribution in [3.8, 4) is 11.1 Å². The van der Waals surface area contributed by atoms with Gasteiger partial charge in [0.1, 0.15) is 0 Å². The van der Waals surface area contributed by atoms with Gasteiger partial charge in [-0.05, 0) is 50.5 Å². The highest BCUT2D eigenvalue weighted by Gasteiger charge is 2.15. The standard InChI is InChI=1S/C15H18N2O2/c1-5-17-11(4)14(8-16-17)12-7-13(15(18)19)10(3)6-9(12)2/h6-8H,5H2,1-4H3,(H,18,19). The number of aromatic carboxylic acids is 1. The van der Waals surface area contributed by atoms with Gasteiger partial charge in [-0.2, -0.15) is 5.10 Å². The molecule has 0 unspecified atom stereocenters. The number of carboxylic acids is 1. The molecule has 0 aliphatic heterocycles. The Balaban J connectivity index is 2.64. The summed E-state index contributed by atoms with van der Waals surface area (Å²) in [5, 5.41) is 13.5. The molecule has 0 fully saturated rings. The molecule has 2 aromatic rings. The fourth-order valence-electron chi connectivity index (χ4n) is 2.40. The number of carboxylic acid groups (broad SMARTS) is 1. The molecule has 4 heteroatoms. The molecule has 0 atom stereocenters. The van der Waals surface area contributed by atoms with Crippen LogP contribution in [-0.2, 0) is 6.54 Å². The SMILES string of the molecule is CCn1ncc(-c2cc(C(=O)O)c(C)cc2C)c1C. The number of aromatic nitrogens is 2. The Morgan fingerprint density at radius 2 is 1.89 bits per heavy atom. The number of benzene rings is 1. The maximum atomic E-state index is 11.2. The third-order valence-electron chi connectivity index (χ3n) is 3.49. The van der Waals surface area contributed by atoms with Crippen LogP contribution < -0.4 is 0 Å². The lowest BCUT2D eigenvalue weighted by Gasteiger charge is -2.10. The van der Waals surface area contributed by atoms with Gasteiger partial charge in [-0.1, -0.05) is 6.07 Å². The van der Waals surface area contributed by atoms with Gasteiger partial charge < -0.3 is 5.11 Å². The van der Waals surface area contributed by atoms with Crippen molar-refractivity contribution >= 4 is 5.97 Å². The van der Waals surface area contributed by atoms with E-state index < -0.39 is 5.97 Å². The average molecular weight is 258 g/mol. The highest BCUT2D eigenvalue weighted by atomic mass is 16.4. The monoisotopic (exact) mass is 258 g/mol. The molecule has 0 bridgehead atoms. The fraction of sp³-hybridized carbons (Fsp3) is 0.333. The second-order valence-electron chi connectivity index (χ2n) is 4.75. The minimum Gasteiger partial charge on any atom is -0.478 e. The molecule has 1 heterocycles. The third kappa shape index (κ3) is 2.26. The molecule has 0 aliphatic rings. The predicted octanol–water partition coefficient (Wildman–Crippen LogP) is 3.19. The van der Waals surface area contributed by atoms with E-state index in [9.17, 15) is 9.90 Å². The maximum Gasteiger partial charge on any atom is 0.335 e. The molecule has 1 aromatic heterocycles. The van der Waals surface area contributed by atoms with Crippen LogP contribution in [0.25, 0.3) is 11.1 Å². The summed E-state index contributed by atoms with van der Waals surface area (Å²) in [5.41, 5.74) is 5.22. The minimum atomic E-state index is -0.890. The zero-order chi connectivity index (χ0) is 14.2. The van der Waals surface area contributed by atoms with Crippen molar-refractivity contribution in [3.63, 3.8) is 0 Å². The van der Waals surface area contributed by atoms with E-state index in [1.807, 2.05) is 44.6 Å². The van der Waals surface area contributed by atoms with E-state index in [2.05, 4.69) is 5.10 Å². The minimum absolute atomic E-state index is 0.351. The molecule has 1 N–H and O–H groups in total. The summed E-state index contributed by atoms with van der Waals surface area (Å²) < 4.78 is 1.91. The number of carbonyl (C=O) groups is 1. The summed E-state index contributed by atoms with van der Waals surface area (Å²) in [6, 6.07) is 3.67. The number of rotatable bonds is 3. The van der Waals surface area contributed by atoms with Crippen molar-refractivity contribution in [1.82, 2.24) is 9.78 Å².